The standard InChI is InChI=1S/C13H15N3O/c1-9-5-6-11(8-16-9)17-13-12(10(2)14)4-3-7-15-13/h3-8,10H,14H2,1-2H3/t10-/m1/s1. The Bertz CT molecular complexity index is 494. The van der Waals surface area contributed by atoms with E-state index in [4.69, 9.17) is 10.5 Å². The third kappa shape index (κ3) is 2.79. The molecule has 0 aromatic carbocycles. The molecule has 2 aromatic heterocycles. The number of nitrogens with zero attached hydrogens (tertiary/aromatic N) is 2. The van der Waals surface area contributed by atoms with Crippen molar-refractivity contribution in [2.75, 3.05) is 0 Å². The highest BCUT2D eigenvalue weighted by molar-refractivity contribution is 5.33. The maximum absolute atomic E-state index is 5.86. The minimum absolute atomic E-state index is 0.114. The van der Waals surface area contributed by atoms with Gasteiger partial charge in [-0.1, -0.05) is 6.07 Å². The summed E-state index contributed by atoms with van der Waals surface area (Å²) < 4.78 is 5.67. The Labute approximate surface area is 100 Å². The van der Waals surface area contributed by atoms with Gasteiger partial charge in [0.1, 0.15) is 5.75 Å². The number of aromatic nitrogens is 2. The number of hydrogen-bond donors (Lipinski definition) is 1. The maximum atomic E-state index is 5.86. The largest absolute Gasteiger partial charge is 0.437 e. The molecule has 17 heavy (non-hydrogen) atoms. The predicted octanol–water partition coefficient (Wildman–Crippen LogP) is 2.60. The minimum Gasteiger partial charge on any atom is -0.437 e. The minimum atomic E-state index is -0.114. The van der Waals surface area contributed by atoms with Crippen molar-refractivity contribution in [3.63, 3.8) is 0 Å². The molecule has 0 amide bonds. The number of aryl methyl sites for hydroxylation is 1. The molecule has 2 heterocycles. The van der Waals surface area contributed by atoms with E-state index >= 15 is 0 Å². The molecule has 0 radical (unpaired) electrons. The van der Waals surface area contributed by atoms with Gasteiger partial charge in [-0.3, -0.25) is 4.98 Å². The van der Waals surface area contributed by atoms with Crippen molar-refractivity contribution in [3.8, 4) is 11.6 Å². The molecule has 2 aromatic rings. The summed E-state index contributed by atoms with van der Waals surface area (Å²) in [7, 11) is 0. The first-order valence-corrected chi connectivity index (χ1v) is 5.48. The van der Waals surface area contributed by atoms with Crippen LogP contribution in [0.4, 0.5) is 0 Å². The van der Waals surface area contributed by atoms with Crippen LogP contribution >= 0.6 is 0 Å². The van der Waals surface area contributed by atoms with E-state index in [0.717, 1.165) is 11.3 Å². The van der Waals surface area contributed by atoms with Crippen LogP contribution in [-0.4, -0.2) is 9.97 Å². The summed E-state index contributed by atoms with van der Waals surface area (Å²) >= 11 is 0. The molecule has 88 valence electrons. The second-order valence-electron chi connectivity index (χ2n) is 3.92. The second kappa shape index (κ2) is 4.93. The summed E-state index contributed by atoms with van der Waals surface area (Å²) in [6.07, 6.45) is 3.36. The van der Waals surface area contributed by atoms with E-state index in [-0.39, 0.29) is 6.04 Å². The van der Waals surface area contributed by atoms with Crippen molar-refractivity contribution < 1.29 is 4.74 Å². The van der Waals surface area contributed by atoms with E-state index in [9.17, 15) is 0 Å². The SMILES string of the molecule is Cc1ccc(Oc2ncccc2[C@@H](C)N)cn1. The van der Waals surface area contributed by atoms with Crippen LogP contribution in [-0.2, 0) is 0 Å². The van der Waals surface area contributed by atoms with E-state index < -0.39 is 0 Å². The summed E-state index contributed by atoms with van der Waals surface area (Å²) in [6, 6.07) is 7.40. The second-order valence-corrected chi connectivity index (χ2v) is 3.92. The molecular weight excluding hydrogens is 214 g/mol. The van der Waals surface area contributed by atoms with Crippen molar-refractivity contribution in [3.05, 3.63) is 47.9 Å². The van der Waals surface area contributed by atoms with Crippen LogP contribution in [0.1, 0.15) is 24.2 Å². The van der Waals surface area contributed by atoms with Gasteiger partial charge in [-0.25, -0.2) is 4.98 Å². The van der Waals surface area contributed by atoms with Gasteiger partial charge in [0.05, 0.1) is 6.20 Å². The molecule has 0 fully saturated rings. The van der Waals surface area contributed by atoms with Gasteiger partial charge >= 0.3 is 0 Å². The summed E-state index contributed by atoms with van der Waals surface area (Å²) in [5.74, 6) is 1.20. The van der Waals surface area contributed by atoms with Crippen molar-refractivity contribution in [1.82, 2.24) is 9.97 Å². The summed E-state index contributed by atoms with van der Waals surface area (Å²) in [5.41, 5.74) is 7.69. The smallest absolute Gasteiger partial charge is 0.224 e. The van der Waals surface area contributed by atoms with Gasteiger partial charge < -0.3 is 10.5 Å². The quantitative estimate of drug-likeness (QED) is 0.878. The Morgan fingerprint density at radius 2 is 2.06 bits per heavy atom. The van der Waals surface area contributed by atoms with Gasteiger partial charge in [0.2, 0.25) is 5.88 Å². The lowest BCUT2D eigenvalue weighted by Gasteiger charge is -2.11. The van der Waals surface area contributed by atoms with Crippen LogP contribution in [0.2, 0.25) is 0 Å². The molecule has 0 aliphatic heterocycles. The Balaban J connectivity index is 2.26. The number of hydrogen-bond acceptors (Lipinski definition) is 4. The van der Waals surface area contributed by atoms with Gasteiger partial charge in [-0.15, -0.1) is 0 Å². The molecule has 2 N–H and O–H groups in total. The fourth-order valence-electron chi connectivity index (χ4n) is 1.46. The molecule has 0 spiro atoms. The normalized spacial score (nSPS) is 12.2. The molecule has 0 saturated heterocycles. The highest BCUT2D eigenvalue weighted by atomic mass is 16.5. The highest BCUT2D eigenvalue weighted by Gasteiger charge is 2.09. The Morgan fingerprint density at radius 3 is 2.71 bits per heavy atom. The van der Waals surface area contributed by atoms with Gasteiger partial charge in [-0.2, -0.15) is 0 Å². The molecule has 0 unspecified atom stereocenters. The Kier molecular flexibility index (Phi) is 3.35. The first kappa shape index (κ1) is 11.5. The van der Waals surface area contributed by atoms with Crippen molar-refractivity contribution in [1.29, 1.82) is 0 Å². The van der Waals surface area contributed by atoms with Gasteiger partial charge in [-0.05, 0) is 32.0 Å². The van der Waals surface area contributed by atoms with E-state index in [0.29, 0.717) is 11.6 Å². The van der Waals surface area contributed by atoms with E-state index in [1.807, 2.05) is 38.1 Å². The lowest BCUT2D eigenvalue weighted by Crippen LogP contribution is -2.07. The Morgan fingerprint density at radius 1 is 1.24 bits per heavy atom. The molecule has 1 atom stereocenters. The van der Waals surface area contributed by atoms with Crippen molar-refractivity contribution in [2.45, 2.75) is 19.9 Å². The monoisotopic (exact) mass is 229 g/mol. The van der Waals surface area contributed by atoms with Crippen LogP contribution in [0, 0.1) is 6.92 Å². The Hall–Kier alpha value is -1.94. The van der Waals surface area contributed by atoms with Crippen molar-refractivity contribution in [2.24, 2.45) is 5.73 Å². The zero-order valence-corrected chi connectivity index (χ0v) is 9.92. The van der Waals surface area contributed by atoms with Crippen LogP contribution < -0.4 is 10.5 Å². The summed E-state index contributed by atoms with van der Waals surface area (Å²) in [5, 5.41) is 0. The molecule has 0 aliphatic rings. The molecule has 0 aliphatic carbocycles. The number of rotatable bonds is 3. The molecule has 0 bridgehead atoms. The van der Waals surface area contributed by atoms with E-state index in [2.05, 4.69) is 9.97 Å². The van der Waals surface area contributed by atoms with Crippen molar-refractivity contribution >= 4 is 0 Å². The van der Waals surface area contributed by atoms with Crippen LogP contribution in [0.25, 0.3) is 0 Å². The average molecular weight is 229 g/mol. The van der Waals surface area contributed by atoms with Crippen LogP contribution in [0.15, 0.2) is 36.7 Å². The molecule has 0 saturated carbocycles. The fraction of sp³-hybridized carbons (Fsp3) is 0.231. The molecule has 2 rings (SSSR count). The topological polar surface area (TPSA) is 61.0 Å². The summed E-state index contributed by atoms with van der Waals surface area (Å²) in [6.45, 7) is 3.83. The van der Waals surface area contributed by atoms with Crippen LogP contribution in [0.5, 0.6) is 11.6 Å². The predicted molar refractivity (Wildman–Crippen MR) is 65.9 cm³/mol. The number of ether oxygens (including phenoxy) is 1. The van der Waals surface area contributed by atoms with Gasteiger partial charge in [0, 0.05) is 23.5 Å². The first-order valence-electron chi connectivity index (χ1n) is 5.48. The first-order chi connectivity index (χ1) is 8.16. The highest BCUT2D eigenvalue weighted by Crippen LogP contribution is 2.25. The average Bonchev–Trinajstić information content (AvgIpc) is 2.32. The van der Waals surface area contributed by atoms with E-state index in [1.165, 1.54) is 0 Å². The maximum Gasteiger partial charge on any atom is 0.224 e. The van der Waals surface area contributed by atoms with E-state index in [1.54, 1.807) is 12.4 Å². The number of pyridine rings is 2. The van der Waals surface area contributed by atoms with Gasteiger partial charge in [0.25, 0.3) is 0 Å². The molecule has 4 nitrogen and oxygen atoms in total. The fourth-order valence-corrected chi connectivity index (χ4v) is 1.46. The third-order valence-electron chi connectivity index (χ3n) is 2.39. The lowest BCUT2D eigenvalue weighted by atomic mass is 10.1. The zero-order chi connectivity index (χ0) is 12.3. The number of nitrogens with two attached hydrogens (primary N) is 1. The lowest BCUT2D eigenvalue weighted by molar-refractivity contribution is 0.450. The van der Waals surface area contributed by atoms with Crippen LogP contribution in [0.3, 0.4) is 0 Å². The zero-order valence-electron chi connectivity index (χ0n) is 9.92. The molecule has 4 heteroatoms. The van der Waals surface area contributed by atoms with Gasteiger partial charge in [0.15, 0.2) is 0 Å². The summed E-state index contributed by atoms with van der Waals surface area (Å²) in [4.78, 5) is 8.35. The molecular formula is C13H15N3O. The third-order valence-corrected chi connectivity index (χ3v) is 2.39.